The second-order valence-electron chi connectivity index (χ2n) is 9.16. The molecule has 0 aliphatic heterocycles. The van der Waals surface area contributed by atoms with E-state index < -0.39 is 0 Å². The van der Waals surface area contributed by atoms with Crippen molar-refractivity contribution in [3.63, 3.8) is 0 Å². The van der Waals surface area contributed by atoms with Gasteiger partial charge in [-0.3, -0.25) is 9.59 Å². The Morgan fingerprint density at radius 2 is 1.12 bits per heavy atom. The van der Waals surface area contributed by atoms with Gasteiger partial charge in [0.1, 0.15) is 0 Å². The molecule has 0 N–H and O–H groups in total. The lowest BCUT2D eigenvalue weighted by molar-refractivity contribution is 0.0950. The Labute approximate surface area is 201 Å². The summed E-state index contributed by atoms with van der Waals surface area (Å²) < 4.78 is 2.02. The predicted octanol–water partition coefficient (Wildman–Crippen LogP) is 9.69. The van der Waals surface area contributed by atoms with E-state index >= 15 is 0 Å². The van der Waals surface area contributed by atoms with E-state index in [1.54, 1.807) is 22.7 Å². The summed E-state index contributed by atoms with van der Waals surface area (Å²) in [6, 6.07) is 4.12. The Bertz CT molecular complexity index is 912. The molecule has 2 heterocycles. The highest BCUT2D eigenvalue weighted by Gasteiger charge is 2.26. The van der Waals surface area contributed by atoms with Gasteiger partial charge in [0.15, 0.2) is 11.6 Å². The molecule has 0 aliphatic rings. The van der Waals surface area contributed by atoms with E-state index in [1.807, 2.05) is 10.8 Å². The van der Waals surface area contributed by atoms with Crippen molar-refractivity contribution in [3.05, 3.63) is 34.0 Å². The van der Waals surface area contributed by atoms with Crippen LogP contribution >= 0.6 is 22.7 Å². The number of hydrogen-bond acceptors (Lipinski definition) is 4. The standard InChI is InChI=1S/C28H38O2S2/c1-5-9-11-19(7-3)17-23(29)25-21-13-15-32-28(21)26(22-14-16-31-27(22)25)24(30)18-20(8-4)12-10-6-2/h13-16,19-20H,5-12,17-18H2,1-4H3. The van der Waals surface area contributed by atoms with Crippen LogP contribution in [0.2, 0.25) is 0 Å². The lowest BCUT2D eigenvalue weighted by Gasteiger charge is -2.17. The lowest BCUT2D eigenvalue weighted by atomic mass is 9.87. The van der Waals surface area contributed by atoms with E-state index in [1.165, 1.54) is 25.7 Å². The van der Waals surface area contributed by atoms with Crippen LogP contribution in [0, 0.1) is 11.8 Å². The van der Waals surface area contributed by atoms with Crippen LogP contribution in [-0.2, 0) is 0 Å². The highest BCUT2D eigenvalue weighted by molar-refractivity contribution is 7.19. The summed E-state index contributed by atoms with van der Waals surface area (Å²) in [4.78, 5) is 27.1. The molecule has 2 atom stereocenters. The number of rotatable bonds is 14. The summed E-state index contributed by atoms with van der Waals surface area (Å²) in [5.74, 6) is 1.38. The Morgan fingerprint density at radius 1 is 0.719 bits per heavy atom. The van der Waals surface area contributed by atoms with Crippen LogP contribution in [0.1, 0.15) is 113 Å². The van der Waals surface area contributed by atoms with E-state index in [2.05, 4.69) is 39.8 Å². The maximum atomic E-state index is 13.6. The van der Waals surface area contributed by atoms with E-state index in [4.69, 9.17) is 0 Å². The Hall–Kier alpha value is -1.52. The second-order valence-corrected chi connectivity index (χ2v) is 11.0. The molecule has 0 aliphatic carbocycles. The zero-order valence-electron chi connectivity index (χ0n) is 20.2. The minimum atomic E-state index is 0.247. The van der Waals surface area contributed by atoms with Crippen molar-refractivity contribution < 1.29 is 9.59 Å². The van der Waals surface area contributed by atoms with Gasteiger partial charge in [-0.15, -0.1) is 22.7 Å². The zero-order valence-corrected chi connectivity index (χ0v) is 21.8. The summed E-state index contributed by atoms with van der Waals surface area (Å²) in [6.45, 7) is 8.80. The van der Waals surface area contributed by atoms with Crippen LogP contribution in [0.15, 0.2) is 22.9 Å². The molecule has 0 saturated carbocycles. The van der Waals surface area contributed by atoms with Gasteiger partial charge in [-0.05, 0) is 34.7 Å². The monoisotopic (exact) mass is 470 g/mol. The molecule has 3 rings (SSSR count). The van der Waals surface area contributed by atoms with Crippen molar-refractivity contribution in [2.24, 2.45) is 11.8 Å². The average Bonchev–Trinajstić information content (AvgIpc) is 3.46. The molecule has 2 unspecified atom stereocenters. The van der Waals surface area contributed by atoms with E-state index in [0.29, 0.717) is 24.7 Å². The van der Waals surface area contributed by atoms with Gasteiger partial charge in [0, 0.05) is 44.1 Å². The van der Waals surface area contributed by atoms with Crippen LogP contribution in [-0.4, -0.2) is 11.6 Å². The Kier molecular flexibility index (Phi) is 9.48. The maximum Gasteiger partial charge on any atom is 0.165 e. The Morgan fingerprint density at radius 3 is 1.47 bits per heavy atom. The largest absolute Gasteiger partial charge is 0.294 e. The molecule has 0 fully saturated rings. The second kappa shape index (κ2) is 12.1. The number of Topliss-reactive ketones (excluding diaryl/α,β-unsaturated/α-hetero) is 2. The predicted molar refractivity (Wildman–Crippen MR) is 142 cm³/mol. The number of unbranched alkanes of at least 4 members (excludes halogenated alkanes) is 2. The van der Waals surface area contributed by atoms with Crippen molar-refractivity contribution in [2.45, 2.75) is 91.9 Å². The SMILES string of the molecule is CCCCC(CC)CC(=O)c1c2ccsc2c(C(=O)CC(CC)CCCC)c2ccsc12. The number of carbonyl (C=O) groups excluding carboxylic acids is 2. The van der Waals surface area contributed by atoms with Crippen molar-refractivity contribution >= 4 is 54.4 Å². The fourth-order valence-corrected chi connectivity index (χ4v) is 6.77. The summed E-state index contributed by atoms with van der Waals surface area (Å²) in [7, 11) is 0. The molecule has 1 aromatic carbocycles. The molecule has 0 spiro atoms. The molecule has 4 heteroatoms. The topological polar surface area (TPSA) is 34.1 Å². The van der Waals surface area contributed by atoms with Gasteiger partial charge >= 0.3 is 0 Å². The number of ketones is 2. The number of hydrogen-bond donors (Lipinski definition) is 0. The molecular weight excluding hydrogens is 432 g/mol. The van der Waals surface area contributed by atoms with Crippen molar-refractivity contribution in [3.8, 4) is 0 Å². The fraction of sp³-hybridized carbons (Fsp3) is 0.571. The van der Waals surface area contributed by atoms with Crippen LogP contribution in [0.4, 0.5) is 0 Å². The highest BCUT2D eigenvalue weighted by atomic mass is 32.1. The van der Waals surface area contributed by atoms with Crippen molar-refractivity contribution in [1.29, 1.82) is 0 Å². The van der Waals surface area contributed by atoms with Gasteiger partial charge < -0.3 is 0 Å². The van der Waals surface area contributed by atoms with Gasteiger partial charge in [0.25, 0.3) is 0 Å². The summed E-state index contributed by atoms with van der Waals surface area (Å²) in [5, 5.41) is 6.07. The van der Waals surface area contributed by atoms with Crippen LogP contribution in [0.3, 0.4) is 0 Å². The van der Waals surface area contributed by atoms with Gasteiger partial charge in [-0.25, -0.2) is 0 Å². The van der Waals surface area contributed by atoms with E-state index in [0.717, 1.165) is 57.0 Å². The van der Waals surface area contributed by atoms with Crippen LogP contribution in [0.25, 0.3) is 20.2 Å². The van der Waals surface area contributed by atoms with Gasteiger partial charge in [0.05, 0.1) is 0 Å². The van der Waals surface area contributed by atoms with Gasteiger partial charge in [-0.1, -0.05) is 79.1 Å². The number of benzene rings is 1. The minimum Gasteiger partial charge on any atom is -0.294 e. The number of carbonyl (C=O) groups is 2. The third kappa shape index (κ3) is 5.51. The van der Waals surface area contributed by atoms with E-state index in [-0.39, 0.29) is 11.6 Å². The first-order valence-corrected chi connectivity index (χ1v) is 14.3. The first-order valence-electron chi connectivity index (χ1n) is 12.5. The molecule has 3 aromatic rings. The van der Waals surface area contributed by atoms with Crippen LogP contribution in [0.5, 0.6) is 0 Å². The lowest BCUT2D eigenvalue weighted by Crippen LogP contribution is -2.12. The highest BCUT2D eigenvalue weighted by Crippen LogP contribution is 2.41. The number of thiophene rings is 2. The summed E-state index contributed by atoms with van der Waals surface area (Å²) in [6.07, 6.45) is 10.2. The first kappa shape index (κ1) is 25.1. The molecule has 2 aromatic heterocycles. The van der Waals surface area contributed by atoms with Crippen molar-refractivity contribution in [2.75, 3.05) is 0 Å². The Balaban J connectivity index is 2.00. The fourth-order valence-electron chi connectivity index (χ4n) is 4.81. The average molecular weight is 471 g/mol. The molecule has 174 valence electrons. The van der Waals surface area contributed by atoms with Crippen molar-refractivity contribution in [1.82, 2.24) is 0 Å². The molecular formula is C28H38O2S2. The van der Waals surface area contributed by atoms with Gasteiger partial charge in [-0.2, -0.15) is 0 Å². The van der Waals surface area contributed by atoms with E-state index in [9.17, 15) is 9.59 Å². The normalized spacial score (nSPS) is 13.6. The molecule has 0 radical (unpaired) electrons. The smallest absolute Gasteiger partial charge is 0.165 e. The number of fused-ring (bicyclic) bond motifs is 2. The zero-order chi connectivity index (χ0) is 23.1. The summed E-state index contributed by atoms with van der Waals surface area (Å²) >= 11 is 3.23. The minimum absolute atomic E-state index is 0.247. The van der Waals surface area contributed by atoms with Gasteiger partial charge in [0.2, 0.25) is 0 Å². The quantitative estimate of drug-likeness (QED) is 0.220. The molecule has 0 saturated heterocycles. The third-order valence-corrected chi connectivity index (χ3v) is 8.78. The summed E-state index contributed by atoms with van der Waals surface area (Å²) in [5.41, 5.74) is 1.71. The molecule has 0 bridgehead atoms. The molecule has 2 nitrogen and oxygen atoms in total. The molecule has 32 heavy (non-hydrogen) atoms. The maximum absolute atomic E-state index is 13.6. The third-order valence-electron chi connectivity index (χ3n) is 6.92. The molecule has 0 amide bonds. The van der Waals surface area contributed by atoms with Crippen LogP contribution < -0.4 is 0 Å². The first-order chi connectivity index (χ1) is 15.5.